The molecule has 1 fully saturated rings. The van der Waals surface area contributed by atoms with Gasteiger partial charge >= 0.3 is 0 Å². The second kappa shape index (κ2) is 3.08. The average molecular weight is 173 g/mol. The minimum absolute atomic E-state index is 0.532. The summed E-state index contributed by atoms with van der Waals surface area (Å²) >= 11 is 0. The Hall–Kier alpha value is -1.53. The predicted octanol–water partition coefficient (Wildman–Crippen LogP) is 2.12. The van der Waals surface area contributed by atoms with Gasteiger partial charge in [-0.3, -0.25) is 0 Å². The highest BCUT2D eigenvalue weighted by atomic mass is 14.5. The molecule has 0 bridgehead atoms. The molecular weight excluding hydrogens is 162 g/mol. The maximum atomic E-state index is 9.00. The molecule has 0 spiro atoms. The summed E-state index contributed by atoms with van der Waals surface area (Å²) in [5, 5.41) is 27.0. The first kappa shape index (κ1) is 9.56. The van der Waals surface area contributed by atoms with Crippen LogP contribution in [0.15, 0.2) is 0 Å². The topological polar surface area (TPSA) is 71.4 Å². The fourth-order valence-corrected chi connectivity index (χ4v) is 1.89. The summed E-state index contributed by atoms with van der Waals surface area (Å²) in [4.78, 5) is 0. The Bertz CT molecular complexity index is 312. The largest absolute Gasteiger partial charge is 0.198 e. The lowest BCUT2D eigenvalue weighted by Gasteiger charge is -2.37. The van der Waals surface area contributed by atoms with Gasteiger partial charge in [0.1, 0.15) is 0 Å². The summed E-state index contributed by atoms with van der Waals surface area (Å²) in [5.41, 5.74) is -1.87. The Morgan fingerprint density at radius 3 is 1.85 bits per heavy atom. The van der Waals surface area contributed by atoms with Crippen molar-refractivity contribution in [2.24, 2.45) is 10.8 Å². The molecule has 1 aliphatic carbocycles. The molecular formula is C10H11N3. The summed E-state index contributed by atoms with van der Waals surface area (Å²) in [5.74, 6) is 0. The Labute approximate surface area is 78.2 Å². The molecule has 1 aliphatic rings. The molecule has 1 saturated carbocycles. The molecule has 0 aliphatic heterocycles. The van der Waals surface area contributed by atoms with E-state index >= 15 is 0 Å². The Morgan fingerprint density at radius 2 is 1.46 bits per heavy atom. The van der Waals surface area contributed by atoms with E-state index in [1.807, 2.05) is 12.1 Å². The molecule has 0 radical (unpaired) electrons. The third-order valence-corrected chi connectivity index (χ3v) is 3.05. The molecule has 3 heteroatoms. The van der Waals surface area contributed by atoms with Gasteiger partial charge in [0.25, 0.3) is 0 Å². The highest BCUT2D eigenvalue weighted by Crippen LogP contribution is 2.49. The van der Waals surface area contributed by atoms with Crippen LogP contribution < -0.4 is 0 Å². The molecule has 1 atom stereocenters. The van der Waals surface area contributed by atoms with Crippen LogP contribution in [-0.4, -0.2) is 0 Å². The van der Waals surface area contributed by atoms with Gasteiger partial charge in [0.15, 0.2) is 5.41 Å². The smallest absolute Gasteiger partial charge is 0.162 e. The number of hydrogen-bond acceptors (Lipinski definition) is 3. The standard InChI is InChI=1S/C10H11N3/c1-9(6-11)4-2-3-5-10(9,7-12)8-13/h2-5H2,1H3. The zero-order valence-electron chi connectivity index (χ0n) is 7.67. The van der Waals surface area contributed by atoms with Crippen LogP contribution in [0.2, 0.25) is 0 Å². The van der Waals surface area contributed by atoms with Gasteiger partial charge in [-0.15, -0.1) is 0 Å². The van der Waals surface area contributed by atoms with E-state index < -0.39 is 10.8 Å². The second-order valence-corrected chi connectivity index (χ2v) is 3.78. The molecule has 0 N–H and O–H groups in total. The third kappa shape index (κ3) is 1.16. The van der Waals surface area contributed by atoms with Gasteiger partial charge in [-0.1, -0.05) is 12.8 Å². The Morgan fingerprint density at radius 1 is 0.923 bits per heavy atom. The summed E-state index contributed by atoms with van der Waals surface area (Å²) in [6, 6.07) is 6.18. The van der Waals surface area contributed by atoms with E-state index in [4.69, 9.17) is 15.8 Å². The third-order valence-electron chi connectivity index (χ3n) is 3.05. The fourth-order valence-electron chi connectivity index (χ4n) is 1.89. The van der Waals surface area contributed by atoms with Crippen molar-refractivity contribution in [2.45, 2.75) is 32.6 Å². The normalized spacial score (nSPS) is 30.9. The van der Waals surface area contributed by atoms with Gasteiger partial charge in [-0.05, 0) is 19.8 Å². The van der Waals surface area contributed by atoms with Crippen LogP contribution in [-0.2, 0) is 0 Å². The van der Waals surface area contributed by atoms with Crippen molar-refractivity contribution in [3.05, 3.63) is 0 Å². The highest BCUT2D eigenvalue weighted by molar-refractivity contribution is 5.27. The number of nitriles is 3. The van der Waals surface area contributed by atoms with Crippen LogP contribution in [0.3, 0.4) is 0 Å². The van der Waals surface area contributed by atoms with Crippen LogP contribution in [0.4, 0.5) is 0 Å². The molecule has 0 heterocycles. The van der Waals surface area contributed by atoms with E-state index in [1.54, 1.807) is 6.92 Å². The lowest BCUT2D eigenvalue weighted by Crippen LogP contribution is -2.39. The van der Waals surface area contributed by atoms with Gasteiger partial charge in [-0.25, -0.2) is 0 Å². The van der Waals surface area contributed by atoms with E-state index in [0.717, 1.165) is 12.8 Å². The molecule has 0 aromatic rings. The van der Waals surface area contributed by atoms with E-state index in [0.29, 0.717) is 12.8 Å². The first-order valence-corrected chi connectivity index (χ1v) is 4.38. The summed E-state index contributed by atoms with van der Waals surface area (Å²) < 4.78 is 0. The summed E-state index contributed by atoms with van der Waals surface area (Å²) in [6.45, 7) is 1.72. The fraction of sp³-hybridized carbons (Fsp3) is 0.700. The van der Waals surface area contributed by atoms with Crippen molar-refractivity contribution in [1.82, 2.24) is 0 Å². The highest BCUT2D eigenvalue weighted by Gasteiger charge is 2.51. The lowest BCUT2D eigenvalue weighted by atomic mass is 9.59. The van der Waals surface area contributed by atoms with Gasteiger partial charge in [0.05, 0.1) is 23.6 Å². The van der Waals surface area contributed by atoms with Gasteiger partial charge in [0.2, 0.25) is 0 Å². The lowest BCUT2D eigenvalue weighted by molar-refractivity contribution is 0.164. The molecule has 13 heavy (non-hydrogen) atoms. The van der Waals surface area contributed by atoms with Gasteiger partial charge in [0, 0.05) is 0 Å². The zero-order chi connectivity index (χ0) is 9.95. The van der Waals surface area contributed by atoms with E-state index in [9.17, 15) is 0 Å². The van der Waals surface area contributed by atoms with Crippen LogP contribution in [0, 0.1) is 44.8 Å². The van der Waals surface area contributed by atoms with E-state index in [-0.39, 0.29) is 0 Å². The van der Waals surface area contributed by atoms with Crippen molar-refractivity contribution < 1.29 is 0 Å². The first-order chi connectivity index (χ1) is 6.14. The van der Waals surface area contributed by atoms with Crippen LogP contribution >= 0.6 is 0 Å². The molecule has 1 rings (SSSR count). The van der Waals surface area contributed by atoms with Crippen molar-refractivity contribution in [1.29, 1.82) is 15.8 Å². The zero-order valence-corrected chi connectivity index (χ0v) is 7.67. The van der Waals surface area contributed by atoms with Crippen molar-refractivity contribution >= 4 is 0 Å². The van der Waals surface area contributed by atoms with Crippen LogP contribution in [0.25, 0.3) is 0 Å². The number of rotatable bonds is 0. The minimum atomic E-state index is -1.08. The summed E-state index contributed by atoms with van der Waals surface area (Å²) in [6.07, 6.45) is 3.00. The van der Waals surface area contributed by atoms with Gasteiger partial charge in [-0.2, -0.15) is 15.8 Å². The quantitative estimate of drug-likeness (QED) is 0.563. The average Bonchev–Trinajstić information content (AvgIpc) is 2.19. The maximum Gasteiger partial charge on any atom is 0.162 e. The van der Waals surface area contributed by atoms with E-state index in [2.05, 4.69) is 6.07 Å². The van der Waals surface area contributed by atoms with Crippen molar-refractivity contribution in [3.63, 3.8) is 0 Å². The predicted molar refractivity (Wildman–Crippen MR) is 45.8 cm³/mol. The van der Waals surface area contributed by atoms with Crippen LogP contribution in [0.1, 0.15) is 32.6 Å². The first-order valence-electron chi connectivity index (χ1n) is 4.38. The molecule has 0 aromatic carbocycles. The van der Waals surface area contributed by atoms with Crippen molar-refractivity contribution in [2.75, 3.05) is 0 Å². The maximum absolute atomic E-state index is 9.00. The Kier molecular flexibility index (Phi) is 2.26. The van der Waals surface area contributed by atoms with Crippen LogP contribution in [0.5, 0.6) is 0 Å². The molecule has 0 saturated heterocycles. The SMILES string of the molecule is CC1(C#N)CCCCC1(C#N)C#N. The molecule has 3 nitrogen and oxygen atoms in total. The minimum Gasteiger partial charge on any atom is -0.198 e. The second-order valence-electron chi connectivity index (χ2n) is 3.78. The molecule has 66 valence electrons. The van der Waals surface area contributed by atoms with Crippen molar-refractivity contribution in [3.8, 4) is 18.2 Å². The van der Waals surface area contributed by atoms with E-state index in [1.165, 1.54) is 0 Å². The molecule has 0 aromatic heterocycles. The molecule has 0 amide bonds. The number of hydrogen-bond donors (Lipinski definition) is 0. The summed E-state index contributed by atoms with van der Waals surface area (Å²) in [7, 11) is 0. The monoisotopic (exact) mass is 173 g/mol. The molecule has 1 unspecified atom stereocenters. The Balaban J connectivity index is 3.15. The van der Waals surface area contributed by atoms with Gasteiger partial charge < -0.3 is 0 Å². The number of nitrogens with zero attached hydrogens (tertiary/aromatic N) is 3.